The Morgan fingerprint density at radius 3 is 2.70 bits per heavy atom. The molecule has 3 aromatic carbocycles. The maximum Gasteiger partial charge on any atom is 0.316 e. The maximum atomic E-state index is 12.1. The van der Waals surface area contributed by atoms with Gasteiger partial charge in [0.15, 0.2) is 6.61 Å². The Hall–Kier alpha value is -3.32. The van der Waals surface area contributed by atoms with Crippen molar-refractivity contribution in [2.45, 2.75) is 18.4 Å². The number of esters is 1. The molecule has 4 rings (SSSR count). The number of hydrogen-bond acceptors (Lipinski definition) is 7. The number of carbonyl (C=O) groups excluding carboxylic acids is 1. The number of thioether (sulfide) groups is 1. The van der Waals surface area contributed by atoms with Crippen LogP contribution in [0.4, 0.5) is 0 Å². The minimum absolute atomic E-state index is 0.0685. The molecule has 7 heteroatoms. The van der Waals surface area contributed by atoms with Gasteiger partial charge in [-0.1, -0.05) is 47.6 Å². The molecule has 1 heterocycles. The van der Waals surface area contributed by atoms with Gasteiger partial charge in [0.05, 0.1) is 17.9 Å². The number of aromatic nitrogens is 2. The molecule has 0 saturated carbocycles. The summed E-state index contributed by atoms with van der Waals surface area (Å²) in [5.74, 6) is 1.17. The van der Waals surface area contributed by atoms with E-state index >= 15 is 0 Å². The van der Waals surface area contributed by atoms with Gasteiger partial charge < -0.3 is 14.0 Å². The van der Waals surface area contributed by atoms with Crippen molar-refractivity contribution >= 4 is 28.5 Å². The fourth-order valence-corrected chi connectivity index (χ4v) is 3.68. The number of benzene rings is 3. The van der Waals surface area contributed by atoms with Crippen LogP contribution in [0, 0.1) is 0 Å². The molecule has 0 aliphatic rings. The van der Waals surface area contributed by atoms with Gasteiger partial charge >= 0.3 is 5.97 Å². The highest BCUT2D eigenvalue weighted by Gasteiger charge is 2.14. The summed E-state index contributed by atoms with van der Waals surface area (Å²) in [6.07, 6.45) is 0. The van der Waals surface area contributed by atoms with E-state index in [1.165, 1.54) is 17.1 Å². The molecule has 0 fully saturated rings. The van der Waals surface area contributed by atoms with Gasteiger partial charge in [0, 0.05) is 4.90 Å². The minimum atomic E-state index is -0.345. The van der Waals surface area contributed by atoms with Crippen LogP contribution in [0.1, 0.15) is 12.8 Å². The number of hydrogen-bond donors (Lipinski definition) is 0. The smallest absolute Gasteiger partial charge is 0.316 e. The van der Waals surface area contributed by atoms with Crippen LogP contribution < -0.4 is 4.74 Å². The highest BCUT2D eigenvalue weighted by atomic mass is 32.2. The Kier molecular flexibility index (Phi) is 6.29. The third-order valence-corrected chi connectivity index (χ3v) is 5.30. The second-order valence-corrected chi connectivity index (χ2v) is 7.45. The van der Waals surface area contributed by atoms with Gasteiger partial charge in [0.2, 0.25) is 5.82 Å². The number of rotatable bonds is 8. The molecule has 152 valence electrons. The van der Waals surface area contributed by atoms with E-state index in [-0.39, 0.29) is 24.2 Å². The monoisotopic (exact) mass is 420 g/mol. The number of fused-ring (bicyclic) bond motifs is 1. The molecule has 0 amide bonds. The van der Waals surface area contributed by atoms with Gasteiger partial charge in [-0.05, 0) is 42.0 Å². The molecule has 0 aliphatic carbocycles. The summed E-state index contributed by atoms with van der Waals surface area (Å²) in [6.45, 7) is 2.38. The van der Waals surface area contributed by atoms with E-state index in [1.807, 2.05) is 55.5 Å². The van der Waals surface area contributed by atoms with Crippen LogP contribution in [0.3, 0.4) is 0 Å². The van der Waals surface area contributed by atoms with Gasteiger partial charge in [-0.15, -0.1) is 11.8 Å². The Morgan fingerprint density at radius 2 is 1.83 bits per heavy atom. The topological polar surface area (TPSA) is 74.5 Å². The summed E-state index contributed by atoms with van der Waals surface area (Å²) in [5.41, 5.74) is 0.729. The van der Waals surface area contributed by atoms with E-state index in [9.17, 15) is 4.79 Å². The third kappa shape index (κ3) is 4.80. The highest BCUT2D eigenvalue weighted by molar-refractivity contribution is 8.00. The number of ether oxygens (including phenoxy) is 2. The van der Waals surface area contributed by atoms with Crippen LogP contribution in [0.15, 0.2) is 76.1 Å². The predicted octanol–water partition coefficient (Wildman–Crippen LogP) is 5.12. The van der Waals surface area contributed by atoms with Crippen LogP contribution in [-0.4, -0.2) is 28.5 Å². The van der Waals surface area contributed by atoms with Crippen LogP contribution in [-0.2, 0) is 16.1 Å². The Balaban J connectivity index is 1.32. The lowest BCUT2D eigenvalue weighted by Gasteiger charge is -2.06. The normalized spacial score (nSPS) is 10.8. The lowest BCUT2D eigenvalue weighted by molar-refractivity contribution is -0.142. The summed E-state index contributed by atoms with van der Waals surface area (Å²) in [7, 11) is 0. The first-order chi connectivity index (χ1) is 14.7. The van der Waals surface area contributed by atoms with Crippen molar-refractivity contribution in [1.29, 1.82) is 0 Å². The van der Waals surface area contributed by atoms with E-state index in [0.29, 0.717) is 18.2 Å². The first kappa shape index (κ1) is 20.0. The van der Waals surface area contributed by atoms with Crippen molar-refractivity contribution < 1.29 is 18.8 Å². The Morgan fingerprint density at radius 1 is 1.03 bits per heavy atom. The van der Waals surface area contributed by atoms with E-state index in [1.54, 1.807) is 0 Å². The average Bonchev–Trinajstić information content (AvgIpc) is 3.25. The Bertz CT molecular complexity index is 1160. The largest absolute Gasteiger partial charge is 0.493 e. The lowest BCUT2D eigenvalue weighted by Crippen LogP contribution is -2.07. The van der Waals surface area contributed by atoms with Gasteiger partial charge in [0.1, 0.15) is 5.75 Å². The van der Waals surface area contributed by atoms with Crippen molar-refractivity contribution in [2.75, 3.05) is 12.4 Å². The standard InChI is InChI=1S/C23H20N2O4S/c1-2-27-20-10-6-5-9-19(20)23-24-21(29-25-23)14-28-22(26)15-30-18-12-11-16-7-3-4-8-17(16)13-18/h3-13H,2,14-15H2,1H3. The summed E-state index contributed by atoms with van der Waals surface area (Å²) in [6, 6.07) is 21.7. The predicted molar refractivity (Wildman–Crippen MR) is 115 cm³/mol. The van der Waals surface area contributed by atoms with E-state index in [4.69, 9.17) is 14.0 Å². The quantitative estimate of drug-likeness (QED) is 0.289. The number of para-hydroxylation sites is 1. The maximum absolute atomic E-state index is 12.1. The molecule has 0 spiro atoms. The molecule has 0 radical (unpaired) electrons. The summed E-state index contributed by atoms with van der Waals surface area (Å²) >= 11 is 1.43. The van der Waals surface area contributed by atoms with Gasteiger partial charge in [0.25, 0.3) is 5.89 Å². The fourth-order valence-electron chi connectivity index (χ4n) is 2.94. The molecule has 0 atom stereocenters. The molecule has 30 heavy (non-hydrogen) atoms. The molecule has 0 unspecified atom stereocenters. The van der Waals surface area contributed by atoms with Gasteiger partial charge in [-0.25, -0.2) is 0 Å². The van der Waals surface area contributed by atoms with E-state index in [0.717, 1.165) is 15.8 Å². The molecular weight excluding hydrogens is 400 g/mol. The zero-order chi connectivity index (χ0) is 20.8. The summed E-state index contributed by atoms with van der Waals surface area (Å²) in [4.78, 5) is 17.4. The zero-order valence-electron chi connectivity index (χ0n) is 16.4. The zero-order valence-corrected chi connectivity index (χ0v) is 17.2. The summed E-state index contributed by atoms with van der Waals surface area (Å²) < 4.78 is 16.1. The van der Waals surface area contributed by atoms with Crippen molar-refractivity contribution in [3.05, 3.63) is 72.6 Å². The fraction of sp³-hybridized carbons (Fsp3) is 0.174. The first-order valence-corrected chi connectivity index (χ1v) is 10.5. The number of nitrogens with zero attached hydrogens (tertiary/aromatic N) is 2. The van der Waals surface area contributed by atoms with Crippen LogP contribution in [0.5, 0.6) is 5.75 Å². The molecule has 0 bridgehead atoms. The molecule has 4 aromatic rings. The van der Waals surface area contributed by atoms with Gasteiger partial charge in [-0.2, -0.15) is 4.98 Å². The number of carbonyl (C=O) groups is 1. The second kappa shape index (κ2) is 9.45. The molecule has 0 aliphatic heterocycles. The molecule has 6 nitrogen and oxygen atoms in total. The van der Waals surface area contributed by atoms with Crippen molar-refractivity contribution in [2.24, 2.45) is 0 Å². The molecule has 1 aromatic heterocycles. The van der Waals surface area contributed by atoms with E-state index in [2.05, 4.69) is 28.3 Å². The molecular formula is C23H20N2O4S. The lowest BCUT2D eigenvalue weighted by atomic mass is 10.1. The highest BCUT2D eigenvalue weighted by Crippen LogP contribution is 2.28. The SMILES string of the molecule is CCOc1ccccc1-c1noc(COC(=O)CSc2ccc3ccccc3c2)n1. The van der Waals surface area contributed by atoms with Crippen molar-refractivity contribution in [3.8, 4) is 17.1 Å². The second-order valence-electron chi connectivity index (χ2n) is 6.40. The van der Waals surface area contributed by atoms with Crippen LogP contribution in [0.25, 0.3) is 22.2 Å². The average molecular weight is 420 g/mol. The van der Waals surface area contributed by atoms with Crippen LogP contribution in [0.2, 0.25) is 0 Å². The minimum Gasteiger partial charge on any atom is -0.493 e. The summed E-state index contributed by atoms with van der Waals surface area (Å²) in [5, 5.41) is 6.28. The van der Waals surface area contributed by atoms with Crippen molar-refractivity contribution in [3.63, 3.8) is 0 Å². The van der Waals surface area contributed by atoms with E-state index < -0.39 is 0 Å². The van der Waals surface area contributed by atoms with Crippen molar-refractivity contribution in [1.82, 2.24) is 10.1 Å². The third-order valence-electron chi connectivity index (χ3n) is 4.33. The van der Waals surface area contributed by atoms with Gasteiger partial charge in [-0.3, -0.25) is 4.79 Å². The first-order valence-electron chi connectivity index (χ1n) is 9.55. The Labute approximate surface area is 178 Å². The van der Waals surface area contributed by atoms with Crippen LogP contribution >= 0.6 is 11.8 Å². The molecule has 0 saturated heterocycles. The molecule has 0 N–H and O–H groups in total.